The number of likely N-dealkylation sites (tertiary alicyclic amines) is 1. The predicted molar refractivity (Wildman–Crippen MR) is 123 cm³/mol. The van der Waals surface area contributed by atoms with Gasteiger partial charge in [0, 0.05) is 12.2 Å². The lowest BCUT2D eigenvalue weighted by Gasteiger charge is -2.23. The van der Waals surface area contributed by atoms with Crippen LogP contribution in [0.4, 0.5) is 10.5 Å². The molecule has 1 unspecified atom stereocenters. The maximum Gasteiger partial charge on any atom is 0.410 e. The third-order valence-electron chi connectivity index (χ3n) is 5.55. The molecule has 2 amide bonds. The van der Waals surface area contributed by atoms with E-state index in [2.05, 4.69) is 5.32 Å². The van der Waals surface area contributed by atoms with Gasteiger partial charge < -0.3 is 14.8 Å². The molecule has 3 aromatic rings. The molecule has 1 aliphatic rings. The lowest BCUT2D eigenvalue weighted by atomic mass is 10.0. The number of benzene rings is 3. The van der Waals surface area contributed by atoms with Gasteiger partial charge in [-0.2, -0.15) is 0 Å². The molecule has 1 heterocycles. The predicted octanol–water partition coefficient (Wildman–Crippen LogP) is 5.10. The molecule has 0 aliphatic carbocycles. The summed E-state index contributed by atoms with van der Waals surface area (Å²) in [5, 5.41) is 2.96. The zero-order valence-electron chi connectivity index (χ0n) is 18.0. The van der Waals surface area contributed by atoms with E-state index in [1.165, 1.54) is 4.90 Å². The first-order valence-electron chi connectivity index (χ1n) is 10.7. The van der Waals surface area contributed by atoms with Gasteiger partial charge in [-0.15, -0.1) is 0 Å². The van der Waals surface area contributed by atoms with Gasteiger partial charge in [0.05, 0.1) is 7.11 Å². The third kappa shape index (κ3) is 5.09. The highest BCUT2D eigenvalue weighted by molar-refractivity contribution is 5.97. The average Bonchev–Trinajstić information content (AvgIpc) is 3.34. The van der Waals surface area contributed by atoms with Crippen LogP contribution in [0, 0.1) is 0 Å². The molecule has 0 saturated carbocycles. The number of hydrogen-bond donors (Lipinski definition) is 1. The van der Waals surface area contributed by atoms with Crippen molar-refractivity contribution >= 4 is 17.7 Å². The minimum atomic E-state index is -0.539. The van der Waals surface area contributed by atoms with Gasteiger partial charge >= 0.3 is 6.09 Å². The smallest absolute Gasteiger partial charge is 0.410 e. The topological polar surface area (TPSA) is 67.9 Å². The number of carbonyl (C=O) groups excluding carboxylic acids is 2. The fourth-order valence-corrected chi connectivity index (χ4v) is 3.85. The van der Waals surface area contributed by atoms with Crippen LogP contribution in [0.2, 0.25) is 0 Å². The molecule has 1 aliphatic heterocycles. The number of rotatable bonds is 6. The Morgan fingerprint density at radius 3 is 2.50 bits per heavy atom. The summed E-state index contributed by atoms with van der Waals surface area (Å²) in [6.45, 7) is 0.700. The molecular weight excluding hydrogens is 404 g/mol. The number of ether oxygens (including phenoxy) is 2. The lowest BCUT2D eigenvalue weighted by Crippen LogP contribution is -2.43. The molecule has 0 bridgehead atoms. The van der Waals surface area contributed by atoms with E-state index in [4.69, 9.17) is 9.47 Å². The number of carbonyl (C=O) groups is 2. The molecule has 0 spiro atoms. The number of nitrogens with one attached hydrogen (secondary N) is 1. The summed E-state index contributed by atoms with van der Waals surface area (Å²) in [4.78, 5) is 27.1. The fourth-order valence-electron chi connectivity index (χ4n) is 3.85. The standard InChI is InChI=1S/C26H26N2O4/c1-31-23-14-12-20(13-15-23)21-9-5-10-22(17-21)27-25(29)24-11-6-16-28(24)26(30)32-18-19-7-3-2-4-8-19/h2-5,7-10,12-15,17,24H,6,11,16,18H2,1H3,(H,27,29). The molecule has 0 aromatic heterocycles. The molecule has 4 rings (SSSR count). The Morgan fingerprint density at radius 1 is 0.969 bits per heavy atom. The van der Waals surface area contributed by atoms with Crippen LogP contribution in [0.3, 0.4) is 0 Å². The Balaban J connectivity index is 1.39. The first-order chi connectivity index (χ1) is 15.6. The second-order valence-electron chi connectivity index (χ2n) is 7.69. The molecule has 1 saturated heterocycles. The van der Waals surface area contributed by atoms with Crippen LogP contribution in [0.25, 0.3) is 11.1 Å². The van der Waals surface area contributed by atoms with Gasteiger partial charge in [0.1, 0.15) is 18.4 Å². The van der Waals surface area contributed by atoms with Gasteiger partial charge in [-0.05, 0) is 53.8 Å². The van der Waals surface area contributed by atoms with Gasteiger partial charge in [-0.1, -0.05) is 54.6 Å². The first-order valence-corrected chi connectivity index (χ1v) is 10.7. The highest BCUT2D eigenvalue weighted by atomic mass is 16.6. The second-order valence-corrected chi connectivity index (χ2v) is 7.69. The Kier molecular flexibility index (Phi) is 6.70. The number of amides is 2. The summed E-state index contributed by atoms with van der Waals surface area (Å²) in [6, 6.07) is 24.4. The summed E-state index contributed by atoms with van der Waals surface area (Å²) in [5.74, 6) is 0.588. The Bertz CT molecular complexity index is 1070. The summed E-state index contributed by atoms with van der Waals surface area (Å²) in [5.41, 5.74) is 3.61. The molecule has 1 atom stereocenters. The van der Waals surface area contributed by atoms with Gasteiger partial charge in [0.25, 0.3) is 0 Å². The highest BCUT2D eigenvalue weighted by Gasteiger charge is 2.35. The van der Waals surface area contributed by atoms with Crippen LogP contribution >= 0.6 is 0 Å². The molecular formula is C26H26N2O4. The summed E-state index contributed by atoms with van der Waals surface area (Å²) in [6.07, 6.45) is 0.924. The van der Waals surface area contributed by atoms with Gasteiger partial charge in [-0.25, -0.2) is 4.79 Å². The average molecular weight is 431 g/mol. The van der Waals surface area contributed by atoms with Crippen LogP contribution in [0.5, 0.6) is 5.75 Å². The van der Waals surface area contributed by atoms with E-state index in [1.807, 2.05) is 78.9 Å². The SMILES string of the molecule is COc1ccc(-c2cccc(NC(=O)C3CCCN3C(=O)OCc3ccccc3)c2)cc1. The third-order valence-corrected chi connectivity index (χ3v) is 5.55. The molecule has 0 radical (unpaired) electrons. The van der Waals surface area contributed by atoms with Crippen molar-refractivity contribution in [2.45, 2.75) is 25.5 Å². The van der Waals surface area contributed by atoms with Crippen LogP contribution < -0.4 is 10.1 Å². The quantitative estimate of drug-likeness (QED) is 0.591. The molecule has 3 aromatic carbocycles. The van der Waals surface area contributed by atoms with Crippen molar-refractivity contribution in [3.05, 3.63) is 84.4 Å². The zero-order valence-corrected chi connectivity index (χ0v) is 18.0. The Labute approximate surface area is 187 Å². The van der Waals surface area contributed by atoms with Crippen molar-refractivity contribution in [2.75, 3.05) is 19.0 Å². The van der Waals surface area contributed by atoms with E-state index < -0.39 is 12.1 Å². The van der Waals surface area contributed by atoms with E-state index in [-0.39, 0.29) is 12.5 Å². The largest absolute Gasteiger partial charge is 0.497 e. The second kappa shape index (κ2) is 10.0. The fraction of sp³-hybridized carbons (Fsp3) is 0.231. The molecule has 1 N–H and O–H groups in total. The number of anilines is 1. The maximum atomic E-state index is 13.0. The lowest BCUT2D eigenvalue weighted by molar-refractivity contribution is -0.120. The summed E-state index contributed by atoms with van der Waals surface area (Å²) in [7, 11) is 1.63. The molecule has 164 valence electrons. The van der Waals surface area contributed by atoms with Crippen molar-refractivity contribution < 1.29 is 19.1 Å². The minimum absolute atomic E-state index is 0.189. The number of nitrogens with zero attached hydrogens (tertiary/aromatic N) is 1. The van der Waals surface area contributed by atoms with Crippen molar-refractivity contribution in [1.82, 2.24) is 4.90 Å². The van der Waals surface area contributed by atoms with Gasteiger partial charge in [0.15, 0.2) is 0 Å². The van der Waals surface area contributed by atoms with Crippen LogP contribution in [0.1, 0.15) is 18.4 Å². The first kappa shape index (κ1) is 21.4. The number of methoxy groups -OCH3 is 1. The van der Waals surface area contributed by atoms with E-state index in [1.54, 1.807) is 7.11 Å². The zero-order chi connectivity index (χ0) is 22.3. The van der Waals surface area contributed by atoms with Crippen LogP contribution in [-0.2, 0) is 16.1 Å². The Morgan fingerprint density at radius 2 is 1.75 bits per heavy atom. The maximum absolute atomic E-state index is 13.0. The molecule has 6 heteroatoms. The van der Waals surface area contributed by atoms with Crippen molar-refractivity contribution in [2.24, 2.45) is 0 Å². The minimum Gasteiger partial charge on any atom is -0.497 e. The van der Waals surface area contributed by atoms with E-state index >= 15 is 0 Å². The van der Waals surface area contributed by atoms with Crippen molar-refractivity contribution in [3.8, 4) is 16.9 Å². The van der Waals surface area contributed by atoms with Crippen molar-refractivity contribution in [1.29, 1.82) is 0 Å². The number of hydrogen-bond acceptors (Lipinski definition) is 4. The molecule has 32 heavy (non-hydrogen) atoms. The van der Waals surface area contributed by atoms with E-state index in [9.17, 15) is 9.59 Å². The normalized spacial score (nSPS) is 15.3. The van der Waals surface area contributed by atoms with Crippen LogP contribution in [-0.4, -0.2) is 36.6 Å². The monoisotopic (exact) mass is 430 g/mol. The summed E-state index contributed by atoms with van der Waals surface area (Å²) >= 11 is 0. The Hall–Kier alpha value is -3.80. The van der Waals surface area contributed by atoms with E-state index in [0.29, 0.717) is 18.7 Å². The molecule has 6 nitrogen and oxygen atoms in total. The van der Waals surface area contributed by atoms with Crippen LogP contribution in [0.15, 0.2) is 78.9 Å². The van der Waals surface area contributed by atoms with Gasteiger partial charge in [-0.3, -0.25) is 9.69 Å². The van der Waals surface area contributed by atoms with Gasteiger partial charge in [0.2, 0.25) is 5.91 Å². The molecule has 1 fully saturated rings. The summed E-state index contributed by atoms with van der Waals surface area (Å²) < 4.78 is 10.6. The van der Waals surface area contributed by atoms with Crippen molar-refractivity contribution in [3.63, 3.8) is 0 Å². The highest BCUT2D eigenvalue weighted by Crippen LogP contribution is 2.26. The van der Waals surface area contributed by atoms with E-state index in [0.717, 1.165) is 28.9 Å².